The fourth-order valence-corrected chi connectivity index (χ4v) is 3.31. The van der Waals surface area contributed by atoms with Crippen LogP contribution < -0.4 is 5.32 Å². The molecule has 120 valence electrons. The molecule has 1 saturated carbocycles. The van der Waals surface area contributed by atoms with Crippen LogP contribution in [0.15, 0.2) is 0 Å². The molecule has 0 aromatic rings. The summed E-state index contributed by atoms with van der Waals surface area (Å²) in [4.78, 5) is 5.20. The van der Waals surface area contributed by atoms with Crippen molar-refractivity contribution < 1.29 is 0 Å². The average Bonchev–Trinajstić information content (AvgIpc) is 3.24. The Hall–Kier alpha value is -0.630. The monoisotopic (exact) mass is 292 g/mol. The lowest BCUT2D eigenvalue weighted by Crippen LogP contribution is -2.48. The van der Waals surface area contributed by atoms with Gasteiger partial charge >= 0.3 is 0 Å². The predicted octanol–water partition coefficient (Wildman–Crippen LogP) is 2.07. The minimum atomic E-state index is -0.373. The Kier molecular flexibility index (Phi) is 6.04. The van der Waals surface area contributed by atoms with E-state index in [-0.39, 0.29) is 5.54 Å². The fraction of sp³-hybridized carbons (Fsp3) is 0.941. The second-order valence-electron chi connectivity index (χ2n) is 7.43. The van der Waals surface area contributed by atoms with Crippen molar-refractivity contribution in [1.82, 2.24) is 15.1 Å². The van der Waals surface area contributed by atoms with Crippen LogP contribution in [0.1, 0.15) is 46.5 Å². The minimum Gasteiger partial charge on any atom is -0.301 e. The average molecular weight is 292 g/mol. The maximum atomic E-state index is 9.36. The van der Waals surface area contributed by atoms with Crippen molar-refractivity contribution in [3.63, 3.8) is 0 Å². The van der Waals surface area contributed by atoms with E-state index < -0.39 is 0 Å². The van der Waals surface area contributed by atoms with Gasteiger partial charge in [-0.15, -0.1) is 0 Å². The highest BCUT2D eigenvalue weighted by Gasteiger charge is 2.27. The molecule has 1 N–H and O–H groups in total. The van der Waals surface area contributed by atoms with E-state index in [4.69, 9.17) is 0 Å². The highest BCUT2D eigenvalue weighted by Crippen LogP contribution is 2.29. The molecule has 4 nitrogen and oxygen atoms in total. The molecule has 1 atom stereocenters. The molecular weight excluding hydrogens is 260 g/mol. The first-order valence-corrected chi connectivity index (χ1v) is 8.64. The molecule has 21 heavy (non-hydrogen) atoms. The van der Waals surface area contributed by atoms with E-state index in [0.717, 1.165) is 25.3 Å². The first-order chi connectivity index (χ1) is 10.0. The Morgan fingerprint density at radius 3 is 2.33 bits per heavy atom. The second kappa shape index (κ2) is 7.58. The van der Waals surface area contributed by atoms with Gasteiger partial charge in [0.15, 0.2) is 0 Å². The summed E-state index contributed by atoms with van der Waals surface area (Å²) < 4.78 is 0. The van der Waals surface area contributed by atoms with Crippen LogP contribution in [0.2, 0.25) is 0 Å². The SMILES string of the molecule is CC(C)NC(C)(C#N)CCCN1CCN(CC2CC2)CC1. The molecule has 0 bridgehead atoms. The molecule has 2 fully saturated rings. The van der Waals surface area contributed by atoms with Crippen molar-refractivity contribution in [3.8, 4) is 6.07 Å². The van der Waals surface area contributed by atoms with Gasteiger partial charge in [-0.2, -0.15) is 5.26 Å². The maximum Gasteiger partial charge on any atom is 0.104 e. The Balaban J connectivity index is 1.61. The van der Waals surface area contributed by atoms with Gasteiger partial charge in [0.05, 0.1) is 6.07 Å². The van der Waals surface area contributed by atoms with Crippen LogP contribution >= 0.6 is 0 Å². The Bertz CT molecular complexity index is 350. The van der Waals surface area contributed by atoms with Crippen LogP contribution in [0, 0.1) is 17.2 Å². The van der Waals surface area contributed by atoms with E-state index in [9.17, 15) is 5.26 Å². The number of rotatable bonds is 8. The lowest BCUT2D eigenvalue weighted by molar-refractivity contribution is 0.125. The number of piperazine rings is 1. The summed E-state index contributed by atoms with van der Waals surface area (Å²) >= 11 is 0. The Morgan fingerprint density at radius 1 is 1.19 bits per heavy atom. The molecule has 1 aliphatic heterocycles. The Labute approximate surface area is 130 Å². The first kappa shape index (κ1) is 16.7. The van der Waals surface area contributed by atoms with Gasteiger partial charge in [0.1, 0.15) is 5.54 Å². The fourth-order valence-electron chi connectivity index (χ4n) is 3.31. The minimum absolute atomic E-state index is 0.362. The van der Waals surface area contributed by atoms with Crippen molar-refractivity contribution in [3.05, 3.63) is 0 Å². The molecule has 1 heterocycles. The summed E-state index contributed by atoms with van der Waals surface area (Å²) in [7, 11) is 0. The number of nitrogens with zero attached hydrogens (tertiary/aromatic N) is 3. The first-order valence-electron chi connectivity index (χ1n) is 8.64. The normalized spacial score (nSPS) is 24.0. The third kappa shape index (κ3) is 5.94. The summed E-state index contributed by atoms with van der Waals surface area (Å²) in [5, 5.41) is 12.8. The molecule has 4 heteroatoms. The van der Waals surface area contributed by atoms with Crippen LogP contribution in [0.4, 0.5) is 0 Å². The van der Waals surface area contributed by atoms with Gasteiger partial charge in [0.25, 0.3) is 0 Å². The third-order valence-corrected chi connectivity index (χ3v) is 4.68. The van der Waals surface area contributed by atoms with Crippen molar-refractivity contribution in [2.24, 2.45) is 5.92 Å². The van der Waals surface area contributed by atoms with Gasteiger partial charge in [-0.1, -0.05) is 0 Å². The van der Waals surface area contributed by atoms with Crippen LogP contribution in [0.25, 0.3) is 0 Å². The Morgan fingerprint density at radius 2 is 1.81 bits per heavy atom. The topological polar surface area (TPSA) is 42.3 Å². The molecule has 2 rings (SSSR count). The lowest BCUT2D eigenvalue weighted by Gasteiger charge is -2.35. The third-order valence-electron chi connectivity index (χ3n) is 4.68. The van der Waals surface area contributed by atoms with Crippen molar-refractivity contribution >= 4 is 0 Å². The summed E-state index contributed by atoms with van der Waals surface area (Å²) in [5.41, 5.74) is -0.373. The molecule has 0 spiro atoms. The van der Waals surface area contributed by atoms with Crippen LogP contribution in [0.5, 0.6) is 0 Å². The van der Waals surface area contributed by atoms with Crippen molar-refractivity contribution in [2.75, 3.05) is 39.3 Å². The van der Waals surface area contributed by atoms with Gasteiger partial charge in [-0.25, -0.2) is 0 Å². The van der Waals surface area contributed by atoms with E-state index in [0.29, 0.717) is 6.04 Å². The second-order valence-corrected chi connectivity index (χ2v) is 7.43. The maximum absolute atomic E-state index is 9.36. The van der Waals surface area contributed by atoms with Crippen molar-refractivity contribution in [2.45, 2.75) is 58.0 Å². The molecule has 2 aliphatic rings. The summed E-state index contributed by atoms with van der Waals surface area (Å²) in [6, 6.07) is 2.81. The lowest BCUT2D eigenvalue weighted by atomic mass is 9.96. The number of nitrogens with one attached hydrogen (secondary N) is 1. The number of hydrogen-bond donors (Lipinski definition) is 1. The quantitative estimate of drug-likeness (QED) is 0.744. The van der Waals surface area contributed by atoms with E-state index in [1.165, 1.54) is 45.6 Å². The van der Waals surface area contributed by atoms with E-state index in [1.54, 1.807) is 0 Å². The molecule has 1 unspecified atom stereocenters. The van der Waals surface area contributed by atoms with E-state index in [2.05, 4.69) is 35.0 Å². The van der Waals surface area contributed by atoms with Crippen LogP contribution in [0.3, 0.4) is 0 Å². The molecule has 0 amide bonds. The van der Waals surface area contributed by atoms with Gasteiger partial charge in [-0.3, -0.25) is 5.32 Å². The van der Waals surface area contributed by atoms with Crippen LogP contribution in [-0.4, -0.2) is 60.6 Å². The van der Waals surface area contributed by atoms with Crippen molar-refractivity contribution in [1.29, 1.82) is 5.26 Å². The zero-order valence-electron chi connectivity index (χ0n) is 14.1. The smallest absolute Gasteiger partial charge is 0.104 e. The highest BCUT2D eigenvalue weighted by atomic mass is 15.3. The van der Waals surface area contributed by atoms with Gasteiger partial charge in [0.2, 0.25) is 0 Å². The van der Waals surface area contributed by atoms with E-state index >= 15 is 0 Å². The molecule has 0 aromatic carbocycles. The summed E-state index contributed by atoms with van der Waals surface area (Å²) in [5.74, 6) is 1.01. The zero-order valence-corrected chi connectivity index (χ0v) is 14.1. The molecule has 0 radical (unpaired) electrons. The summed E-state index contributed by atoms with van der Waals surface area (Å²) in [6.45, 7) is 13.6. The van der Waals surface area contributed by atoms with Gasteiger partial charge < -0.3 is 9.80 Å². The molecule has 0 aromatic heterocycles. The highest BCUT2D eigenvalue weighted by molar-refractivity contribution is 5.04. The molecule has 1 aliphatic carbocycles. The largest absolute Gasteiger partial charge is 0.301 e. The molecule has 1 saturated heterocycles. The predicted molar refractivity (Wildman–Crippen MR) is 87.1 cm³/mol. The van der Waals surface area contributed by atoms with Crippen LogP contribution in [-0.2, 0) is 0 Å². The van der Waals surface area contributed by atoms with Gasteiger partial charge in [0, 0.05) is 38.8 Å². The van der Waals surface area contributed by atoms with Gasteiger partial charge in [-0.05, 0) is 58.9 Å². The zero-order chi connectivity index (χ0) is 15.3. The number of hydrogen-bond acceptors (Lipinski definition) is 4. The summed E-state index contributed by atoms with van der Waals surface area (Å²) in [6.07, 6.45) is 4.95. The molecular formula is C17H32N4. The van der Waals surface area contributed by atoms with E-state index in [1.807, 2.05) is 6.92 Å². The standard InChI is InChI=1S/C17H32N4/c1-15(2)19-17(3,14-18)7-4-8-20-9-11-21(12-10-20)13-16-5-6-16/h15-16,19H,4-13H2,1-3H3. The number of nitriles is 1.